The van der Waals surface area contributed by atoms with Gasteiger partial charge in [0.05, 0.1) is 13.2 Å². The lowest BCUT2D eigenvalue weighted by Crippen LogP contribution is -2.61. The quantitative estimate of drug-likeness (QED) is 0.526. The molecule has 0 aromatic heterocycles. The molecule has 0 aromatic rings. The van der Waals surface area contributed by atoms with Crippen LogP contribution in [0.1, 0.15) is 38.5 Å². The molecule has 124 valence electrons. The average molecular weight is 320 g/mol. The summed E-state index contributed by atoms with van der Waals surface area (Å²) in [5.74, 6) is -1.10. The van der Waals surface area contributed by atoms with Gasteiger partial charge in [-0.1, -0.05) is 6.08 Å². The second-order valence-corrected chi connectivity index (χ2v) is 7.80. The molecule has 4 bridgehead atoms. The summed E-state index contributed by atoms with van der Waals surface area (Å²) in [5.41, 5.74) is -1.56. The van der Waals surface area contributed by atoms with E-state index in [-0.39, 0.29) is 12.1 Å². The minimum absolute atomic E-state index is 0.264. The summed E-state index contributed by atoms with van der Waals surface area (Å²) < 4.78 is 24.6. The van der Waals surface area contributed by atoms with Gasteiger partial charge in [-0.15, -0.1) is 0 Å². The summed E-state index contributed by atoms with van der Waals surface area (Å²) in [6.45, 7) is 1.07. The van der Waals surface area contributed by atoms with Crippen LogP contribution in [0.5, 0.6) is 0 Å². The van der Waals surface area contributed by atoms with Gasteiger partial charge in [0.15, 0.2) is 11.4 Å². The number of esters is 1. The van der Waals surface area contributed by atoms with Crippen molar-refractivity contribution in [3.05, 3.63) is 11.6 Å². The third-order valence-electron chi connectivity index (χ3n) is 7.25. The standard InChI is InChI=1S/C17H20O6/c18-11-2-1-10-9-14-5-6-16(20-7-8-21-16)15(14)4-3-12(22-15)17(10,11)23-13(14)19/h9,11-12,18H,1-8H2/t11-,12+,14+,15-,17-/m0/s1. The van der Waals surface area contributed by atoms with Crippen LogP contribution in [0.25, 0.3) is 0 Å². The van der Waals surface area contributed by atoms with Crippen molar-refractivity contribution in [2.45, 2.75) is 67.7 Å². The van der Waals surface area contributed by atoms with E-state index in [9.17, 15) is 9.90 Å². The van der Waals surface area contributed by atoms with Gasteiger partial charge in [-0.05, 0) is 37.7 Å². The lowest BCUT2D eigenvalue weighted by molar-refractivity contribution is -0.279. The molecule has 5 aliphatic heterocycles. The Morgan fingerprint density at radius 1 is 1.13 bits per heavy atom. The Hall–Kier alpha value is -0.950. The smallest absolute Gasteiger partial charge is 0.320 e. The molecule has 7 aliphatic rings. The molecule has 0 amide bonds. The first-order valence-corrected chi connectivity index (χ1v) is 8.68. The Labute approximate surface area is 133 Å². The summed E-state index contributed by atoms with van der Waals surface area (Å²) in [6, 6.07) is 0. The number of aliphatic hydroxyl groups is 1. The number of aliphatic hydroxyl groups excluding tert-OH is 1. The van der Waals surface area contributed by atoms with Crippen molar-refractivity contribution < 1.29 is 28.8 Å². The van der Waals surface area contributed by atoms with Crippen LogP contribution in [0.3, 0.4) is 0 Å². The van der Waals surface area contributed by atoms with Crippen LogP contribution in [0.2, 0.25) is 0 Å². The fourth-order valence-electron chi connectivity index (χ4n) is 6.32. The summed E-state index contributed by atoms with van der Waals surface area (Å²) in [6.07, 6.45) is 5.22. The Balaban J connectivity index is 1.64. The Kier molecular flexibility index (Phi) is 2.13. The van der Waals surface area contributed by atoms with Gasteiger partial charge in [0.1, 0.15) is 23.2 Å². The summed E-state index contributed by atoms with van der Waals surface area (Å²) in [5, 5.41) is 10.6. The molecule has 6 heteroatoms. The van der Waals surface area contributed by atoms with E-state index in [0.717, 1.165) is 18.4 Å². The van der Waals surface area contributed by atoms with E-state index >= 15 is 0 Å². The number of fused-ring (bicyclic) bond motifs is 1. The molecule has 5 atom stereocenters. The molecule has 0 aromatic carbocycles. The predicted octanol–water partition coefficient (Wildman–Crippen LogP) is 0.818. The first-order valence-electron chi connectivity index (χ1n) is 8.68. The number of rotatable bonds is 0. The lowest BCUT2D eigenvalue weighted by Gasteiger charge is -2.46. The summed E-state index contributed by atoms with van der Waals surface area (Å²) in [4.78, 5) is 13.1. The van der Waals surface area contributed by atoms with Gasteiger partial charge in [0.25, 0.3) is 0 Å². The molecule has 7 rings (SSSR count). The largest absolute Gasteiger partial charge is 0.448 e. The van der Waals surface area contributed by atoms with Crippen molar-refractivity contribution >= 4 is 5.97 Å². The minimum atomic E-state index is -0.976. The Morgan fingerprint density at radius 3 is 2.78 bits per heavy atom. The third kappa shape index (κ3) is 1.11. The van der Waals surface area contributed by atoms with Gasteiger partial charge >= 0.3 is 5.97 Å². The van der Waals surface area contributed by atoms with Gasteiger partial charge in [0.2, 0.25) is 0 Å². The molecular weight excluding hydrogens is 300 g/mol. The Bertz CT molecular complexity index is 651. The molecule has 2 aliphatic carbocycles. The maximum absolute atomic E-state index is 13.1. The van der Waals surface area contributed by atoms with Gasteiger partial charge in [-0.25, -0.2) is 0 Å². The van der Waals surface area contributed by atoms with Crippen LogP contribution >= 0.6 is 0 Å². The van der Waals surface area contributed by atoms with E-state index in [0.29, 0.717) is 38.9 Å². The van der Waals surface area contributed by atoms with Crippen LogP contribution in [0.15, 0.2) is 11.6 Å². The van der Waals surface area contributed by atoms with Gasteiger partial charge in [-0.2, -0.15) is 0 Å². The second-order valence-electron chi connectivity index (χ2n) is 7.80. The van der Waals surface area contributed by atoms with E-state index in [1.807, 2.05) is 0 Å². The number of hydrogen-bond acceptors (Lipinski definition) is 6. The Morgan fingerprint density at radius 2 is 1.96 bits per heavy atom. The van der Waals surface area contributed by atoms with Gasteiger partial charge in [0, 0.05) is 6.42 Å². The van der Waals surface area contributed by atoms with E-state index < -0.39 is 28.5 Å². The third-order valence-corrected chi connectivity index (χ3v) is 7.25. The topological polar surface area (TPSA) is 74.2 Å². The van der Waals surface area contributed by atoms with Crippen LogP contribution in [-0.4, -0.2) is 53.5 Å². The second kappa shape index (κ2) is 3.67. The van der Waals surface area contributed by atoms with Crippen LogP contribution in [-0.2, 0) is 23.7 Å². The number of carbonyl (C=O) groups is 1. The maximum atomic E-state index is 13.1. The highest BCUT2D eigenvalue weighted by Crippen LogP contribution is 2.70. The van der Waals surface area contributed by atoms with Crippen molar-refractivity contribution in [3.63, 3.8) is 0 Å². The van der Waals surface area contributed by atoms with Crippen molar-refractivity contribution in [1.82, 2.24) is 0 Å². The highest BCUT2D eigenvalue weighted by molar-refractivity contribution is 5.86. The zero-order chi connectivity index (χ0) is 15.5. The fraction of sp³-hybridized carbons (Fsp3) is 0.824. The zero-order valence-corrected chi connectivity index (χ0v) is 12.9. The SMILES string of the molecule is O=C1O[C@]23C(=C[C@]14CCC1(OCCO1)[C@]41CC[C@H]2O1)CC[C@@H]3O. The summed E-state index contributed by atoms with van der Waals surface area (Å²) >= 11 is 0. The highest BCUT2D eigenvalue weighted by Gasteiger charge is 2.82. The number of ether oxygens (including phenoxy) is 4. The molecular formula is C17H20O6. The van der Waals surface area contributed by atoms with E-state index in [4.69, 9.17) is 18.9 Å². The van der Waals surface area contributed by atoms with E-state index in [1.54, 1.807) is 0 Å². The molecule has 2 saturated carbocycles. The van der Waals surface area contributed by atoms with Crippen molar-refractivity contribution in [2.75, 3.05) is 13.2 Å². The van der Waals surface area contributed by atoms with E-state index in [2.05, 4.69) is 6.08 Å². The molecule has 0 radical (unpaired) electrons. The van der Waals surface area contributed by atoms with Crippen molar-refractivity contribution in [1.29, 1.82) is 0 Å². The monoisotopic (exact) mass is 320 g/mol. The highest BCUT2D eigenvalue weighted by atomic mass is 16.8. The maximum Gasteiger partial charge on any atom is 0.320 e. The van der Waals surface area contributed by atoms with E-state index in [1.165, 1.54) is 0 Å². The number of carbonyl (C=O) groups excluding carboxylic acids is 1. The molecule has 6 nitrogen and oxygen atoms in total. The molecule has 5 fully saturated rings. The fourth-order valence-corrected chi connectivity index (χ4v) is 6.32. The molecule has 23 heavy (non-hydrogen) atoms. The normalized spacial score (nSPS) is 54.8. The molecule has 4 spiro atoms. The average Bonchev–Trinajstić information content (AvgIpc) is 3.26. The molecule has 0 unspecified atom stereocenters. The van der Waals surface area contributed by atoms with Crippen LogP contribution < -0.4 is 0 Å². The van der Waals surface area contributed by atoms with Crippen molar-refractivity contribution in [3.8, 4) is 0 Å². The predicted molar refractivity (Wildman–Crippen MR) is 75.3 cm³/mol. The first kappa shape index (κ1) is 13.4. The van der Waals surface area contributed by atoms with Crippen LogP contribution in [0.4, 0.5) is 0 Å². The lowest BCUT2D eigenvalue weighted by atomic mass is 9.66. The zero-order valence-electron chi connectivity index (χ0n) is 12.9. The van der Waals surface area contributed by atoms with Gasteiger partial charge < -0.3 is 24.1 Å². The van der Waals surface area contributed by atoms with Gasteiger partial charge in [-0.3, -0.25) is 4.79 Å². The summed E-state index contributed by atoms with van der Waals surface area (Å²) in [7, 11) is 0. The molecule has 5 heterocycles. The molecule has 1 N–H and O–H groups in total. The van der Waals surface area contributed by atoms with Crippen LogP contribution in [0, 0.1) is 5.41 Å². The first-order chi connectivity index (χ1) is 11.1. The minimum Gasteiger partial charge on any atom is -0.448 e. The number of hydrogen-bond donors (Lipinski definition) is 1. The van der Waals surface area contributed by atoms with Crippen molar-refractivity contribution in [2.24, 2.45) is 5.41 Å². The molecule has 3 saturated heterocycles.